The molecule has 3 rings (SSSR count). The lowest BCUT2D eigenvalue weighted by atomic mass is 10.2. The minimum atomic E-state index is -3.72. The number of rotatable bonds is 4. The van der Waals surface area contributed by atoms with Crippen LogP contribution in [0.4, 0.5) is 4.39 Å². The fraction of sp³-hybridized carbons (Fsp3) is 0.611. The molecule has 2 heterocycles. The van der Waals surface area contributed by atoms with Crippen LogP contribution in [0.3, 0.4) is 0 Å². The molecule has 1 aromatic rings. The van der Waals surface area contributed by atoms with Crippen molar-refractivity contribution >= 4 is 15.9 Å². The molecule has 1 aromatic carbocycles. The minimum absolute atomic E-state index is 0.0194. The zero-order valence-corrected chi connectivity index (χ0v) is 16.5. The van der Waals surface area contributed by atoms with Crippen LogP contribution in [0.1, 0.15) is 13.8 Å². The topological polar surface area (TPSA) is 70.2 Å². The number of carbonyl (C=O) groups is 1. The highest BCUT2D eigenvalue weighted by molar-refractivity contribution is 7.89. The van der Waals surface area contributed by atoms with Gasteiger partial charge in [0.05, 0.1) is 23.6 Å². The van der Waals surface area contributed by atoms with E-state index in [2.05, 4.69) is 0 Å². The Morgan fingerprint density at radius 1 is 1.15 bits per heavy atom. The van der Waals surface area contributed by atoms with Gasteiger partial charge in [-0.15, -0.1) is 0 Å². The molecule has 27 heavy (non-hydrogen) atoms. The first-order chi connectivity index (χ1) is 12.8. The van der Waals surface area contributed by atoms with Crippen molar-refractivity contribution in [2.45, 2.75) is 31.0 Å². The fourth-order valence-corrected chi connectivity index (χ4v) is 5.03. The Kier molecular flexibility index (Phi) is 6.15. The van der Waals surface area contributed by atoms with Gasteiger partial charge < -0.3 is 9.64 Å². The van der Waals surface area contributed by atoms with Crippen molar-refractivity contribution in [3.8, 4) is 0 Å². The Balaban J connectivity index is 1.55. The molecule has 0 unspecified atom stereocenters. The molecular formula is C18H26FN3O4S. The smallest absolute Gasteiger partial charge is 0.243 e. The summed E-state index contributed by atoms with van der Waals surface area (Å²) in [6.45, 7) is 6.83. The highest BCUT2D eigenvalue weighted by atomic mass is 32.2. The normalized spacial score (nSPS) is 25.5. The summed E-state index contributed by atoms with van der Waals surface area (Å²) in [4.78, 5) is 16.3. The molecule has 0 radical (unpaired) electrons. The lowest BCUT2D eigenvalue weighted by Crippen LogP contribution is -2.54. The van der Waals surface area contributed by atoms with Crippen molar-refractivity contribution in [2.24, 2.45) is 0 Å². The Hall–Kier alpha value is -1.55. The molecule has 0 saturated carbocycles. The van der Waals surface area contributed by atoms with Crippen LogP contribution in [0.5, 0.6) is 0 Å². The third-order valence-corrected chi connectivity index (χ3v) is 6.79. The van der Waals surface area contributed by atoms with E-state index >= 15 is 0 Å². The predicted molar refractivity (Wildman–Crippen MR) is 98.2 cm³/mol. The monoisotopic (exact) mass is 399 g/mol. The van der Waals surface area contributed by atoms with Crippen molar-refractivity contribution in [3.05, 3.63) is 30.1 Å². The minimum Gasteiger partial charge on any atom is -0.372 e. The fourth-order valence-electron chi connectivity index (χ4n) is 3.58. The first kappa shape index (κ1) is 20.2. The molecule has 0 bridgehead atoms. The summed E-state index contributed by atoms with van der Waals surface area (Å²) in [6.07, 6.45) is 0.0388. The van der Waals surface area contributed by atoms with Crippen molar-refractivity contribution in [2.75, 3.05) is 45.8 Å². The van der Waals surface area contributed by atoms with E-state index < -0.39 is 15.8 Å². The largest absolute Gasteiger partial charge is 0.372 e. The first-order valence-electron chi connectivity index (χ1n) is 9.17. The van der Waals surface area contributed by atoms with E-state index in [9.17, 15) is 17.6 Å². The Labute approximate surface area is 159 Å². The summed E-state index contributed by atoms with van der Waals surface area (Å²) in [5.74, 6) is -0.535. The lowest BCUT2D eigenvalue weighted by Gasteiger charge is -2.38. The SMILES string of the molecule is C[C@@H]1CN(C(=O)CN2CCN(S(=O)(=O)c3cccc(F)c3)CC2)C[C@H](C)O1. The third kappa shape index (κ3) is 4.84. The molecular weight excluding hydrogens is 373 g/mol. The zero-order chi connectivity index (χ0) is 19.6. The van der Waals surface area contributed by atoms with E-state index in [0.29, 0.717) is 26.2 Å². The molecule has 1 amide bonds. The number of morpholine rings is 1. The van der Waals surface area contributed by atoms with Gasteiger partial charge in [0, 0.05) is 39.3 Å². The van der Waals surface area contributed by atoms with Gasteiger partial charge in [0.2, 0.25) is 15.9 Å². The first-order valence-corrected chi connectivity index (χ1v) is 10.6. The van der Waals surface area contributed by atoms with Gasteiger partial charge >= 0.3 is 0 Å². The highest BCUT2D eigenvalue weighted by Gasteiger charge is 2.31. The number of benzene rings is 1. The number of hydrogen-bond donors (Lipinski definition) is 0. The second-order valence-corrected chi connectivity index (χ2v) is 9.13. The second-order valence-electron chi connectivity index (χ2n) is 7.19. The molecule has 2 fully saturated rings. The van der Waals surface area contributed by atoms with Crippen molar-refractivity contribution in [1.82, 2.24) is 14.1 Å². The number of nitrogens with zero attached hydrogens (tertiary/aromatic N) is 3. The van der Waals surface area contributed by atoms with Crippen LogP contribution in [0.15, 0.2) is 29.2 Å². The van der Waals surface area contributed by atoms with Crippen LogP contribution < -0.4 is 0 Å². The third-order valence-electron chi connectivity index (χ3n) is 4.90. The maximum absolute atomic E-state index is 13.4. The molecule has 0 spiro atoms. The molecule has 150 valence electrons. The van der Waals surface area contributed by atoms with Gasteiger partial charge in [-0.2, -0.15) is 4.31 Å². The Bertz CT molecular complexity index is 771. The van der Waals surface area contributed by atoms with Crippen molar-refractivity contribution in [1.29, 1.82) is 0 Å². The number of sulfonamides is 1. The molecule has 2 aliphatic heterocycles. The summed E-state index contributed by atoms with van der Waals surface area (Å²) < 4.78 is 45.6. The lowest BCUT2D eigenvalue weighted by molar-refractivity contribution is -0.144. The van der Waals surface area contributed by atoms with Gasteiger partial charge in [-0.1, -0.05) is 6.07 Å². The summed E-state index contributed by atoms with van der Waals surface area (Å²) in [5.41, 5.74) is 0. The van der Waals surface area contributed by atoms with Crippen LogP contribution in [-0.4, -0.2) is 86.5 Å². The van der Waals surface area contributed by atoms with E-state index in [1.54, 1.807) is 0 Å². The van der Waals surface area contributed by atoms with Gasteiger partial charge in [-0.25, -0.2) is 12.8 Å². The molecule has 2 aliphatic rings. The molecule has 7 nitrogen and oxygen atoms in total. The Morgan fingerprint density at radius 2 is 1.78 bits per heavy atom. The highest BCUT2D eigenvalue weighted by Crippen LogP contribution is 2.19. The van der Waals surface area contributed by atoms with Crippen LogP contribution in [-0.2, 0) is 19.6 Å². The summed E-state index contributed by atoms with van der Waals surface area (Å²) in [5, 5.41) is 0. The maximum Gasteiger partial charge on any atom is 0.243 e. The number of piperazine rings is 1. The number of amides is 1. The zero-order valence-electron chi connectivity index (χ0n) is 15.7. The average molecular weight is 399 g/mol. The van der Waals surface area contributed by atoms with Crippen molar-refractivity contribution in [3.63, 3.8) is 0 Å². The van der Waals surface area contributed by atoms with Crippen LogP contribution >= 0.6 is 0 Å². The average Bonchev–Trinajstić information content (AvgIpc) is 2.61. The predicted octanol–water partition coefficient (Wildman–Crippen LogP) is 0.768. The quantitative estimate of drug-likeness (QED) is 0.748. The summed E-state index contributed by atoms with van der Waals surface area (Å²) in [6, 6.07) is 5.04. The van der Waals surface area contributed by atoms with E-state index in [1.165, 1.54) is 22.5 Å². The standard InChI is InChI=1S/C18H26FN3O4S/c1-14-11-21(12-15(2)26-14)18(23)13-20-6-8-22(9-7-20)27(24,25)17-5-3-4-16(19)10-17/h3-5,10,14-15H,6-9,11-13H2,1-2H3/t14-,15+. The van der Waals surface area contributed by atoms with Crippen LogP contribution in [0, 0.1) is 5.82 Å². The molecule has 0 aromatic heterocycles. The van der Waals surface area contributed by atoms with Gasteiger partial charge in [-0.3, -0.25) is 9.69 Å². The Morgan fingerprint density at radius 3 is 2.37 bits per heavy atom. The molecule has 2 atom stereocenters. The van der Waals surface area contributed by atoms with Crippen LogP contribution in [0.25, 0.3) is 0 Å². The molecule has 9 heteroatoms. The number of carbonyl (C=O) groups excluding carboxylic acids is 1. The summed E-state index contributed by atoms with van der Waals surface area (Å²) >= 11 is 0. The van der Waals surface area contributed by atoms with Gasteiger partial charge in [0.1, 0.15) is 5.82 Å². The molecule has 0 N–H and O–H groups in total. The summed E-state index contributed by atoms with van der Waals surface area (Å²) in [7, 11) is -3.72. The second kappa shape index (κ2) is 8.22. The van der Waals surface area contributed by atoms with Gasteiger partial charge in [-0.05, 0) is 32.0 Å². The van der Waals surface area contributed by atoms with Gasteiger partial charge in [0.25, 0.3) is 0 Å². The van der Waals surface area contributed by atoms with E-state index in [0.717, 1.165) is 6.07 Å². The van der Waals surface area contributed by atoms with Crippen molar-refractivity contribution < 1.29 is 22.3 Å². The molecule has 2 saturated heterocycles. The number of ether oxygens (including phenoxy) is 1. The van der Waals surface area contributed by atoms with E-state index in [-0.39, 0.29) is 42.6 Å². The number of hydrogen-bond acceptors (Lipinski definition) is 5. The van der Waals surface area contributed by atoms with Gasteiger partial charge in [0.15, 0.2) is 0 Å². The molecule has 0 aliphatic carbocycles. The maximum atomic E-state index is 13.4. The van der Waals surface area contributed by atoms with Crippen LogP contribution in [0.2, 0.25) is 0 Å². The van der Waals surface area contributed by atoms with E-state index in [1.807, 2.05) is 23.6 Å². The number of halogens is 1. The van der Waals surface area contributed by atoms with E-state index in [4.69, 9.17) is 4.74 Å².